The molecule has 0 amide bonds. The highest BCUT2D eigenvalue weighted by Crippen LogP contribution is 1.97. The Morgan fingerprint density at radius 3 is 2.07 bits per heavy atom. The number of esters is 2. The summed E-state index contributed by atoms with van der Waals surface area (Å²) in [6.45, 7) is 4.00. The minimum Gasteiger partial charge on any atom is -0.469 e. The average Bonchev–Trinajstić information content (AvgIpc) is 2.26. The second kappa shape index (κ2) is 9.98. The summed E-state index contributed by atoms with van der Waals surface area (Å²) < 4.78 is 8.73. The summed E-state index contributed by atoms with van der Waals surface area (Å²) in [5.74, 6) is -0.895. The number of carbonyl (C=O) groups is 2. The Morgan fingerprint density at radius 1 is 1.21 bits per heavy atom. The van der Waals surface area contributed by atoms with Gasteiger partial charge in [-0.05, 0) is 6.42 Å². The third-order valence-corrected chi connectivity index (χ3v) is 1.39. The Morgan fingerprint density at radius 2 is 1.71 bits per heavy atom. The molecule has 0 saturated carbocycles. The lowest BCUT2D eigenvalue weighted by Gasteiger charge is -2.07. The van der Waals surface area contributed by atoms with Gasteiger partial charge in [0.2, 0.25) is 0 Å². The highest BCUT2D eigenvalue weighted by molar-refractivity contribution is 5.76. The monoisotopic (exact) mass is 205 g/mol. The van der Waals surface area contributed by atoms with Crippen LogP contribution in [0.2, 0.25) is 0 Å². The molecule has 0 aliphatic heterocycles. The fourth-order valence-electron chi connectivity index (χ4n) is 0.645. The van der Waals surface area contributed by atoms with Crippen molar-refractivity contribution in [1.29, 1.82) is 0 Å². The van der Waals surface area contributed by atoms with Gasteiger partial charge in [-0.25, -0.2) is 0 Å². The van der Waals surface area contributed by atoms with Gasteiger partial charge in [-0.1, -0.05) is 13.8 Å². The lowest BCUT2D eigenvalue weighted by Crippen LogP contribution is -2.32. The number of nitrogens with two attached hydrogens (primary N) is 1. The molecule has 0 spiro atoms. The summed E-state index contributed by atoms with van der Waals surface area (Å²) in [7, 11) is 2.53. The lowest BCUT2D eigenvalue weighted by molar-refractivity contribution is -0.143. The molecule has 0 aromatic rings. The largest absolute Gasteiger partial charge is 0.469 e. The summed E-state index contributed by atoms with van der Waals surface area (Å²) >= 11 is 0. The Hall–Kier alpha value is -1.10. The zero-order valence-electron chi connectivity index (χ0n) is 9.20. The van der Waals surface area contributed by atoms with Crippen LogP contribution in [0.4, 0.5) is 0 Å². The Bertz CT molecular complexity index is 170. The second-order valence-corrected chi connectivity index (χ2v) is 2.24. The number of rotatable bonds is 4. The Labute approximate surface area is 84.6 Å². The van der Waals surface area contributed by atoms with E-state index < -0.39 is 12.0 Å². The zero-order valence-corrected chi connectivity index (χ0v) is 9.20. The van der Waals surface area contributed by atoms with Crippen LogP contribution in [0.3, 0.4) is 0 Å². The zero-order chi connectivity index (χ0) is 11.6. The molecule has 84 valence electrons. The topological polar surface area (TPSA) is 78.6 Å². The molecule has 14 heavy (non-hydrogen) atoms. The minimum atomic E-state index is -0.742. The van der Waals surface area contributed by atoms with Crippen LogP contribution in [0.25, 0.3) is 0 Å². The molecule has 2 N–H and O–H groups in total. The van der Waals surface area contributed by atoms with Crippen molar-refractivity contribution in [3.05, 3.63) is 0 Å². The first-order valence-electron chi connectivity index (χ1n) is 4.52. The first-order valence-corrected chi connectivity index (χ1v) is 4.52. The van der Waals surface area contributed by atoms with Crippen molar-refractivity contribution in [3.8, 4) is 0 Å². The van der Waals surface area contributed by atoms with Gasteiger partial charge in [-0.3, -0.25) is 9.59 Å². The predicted molar refractivity (Wildman–Crippen MR) is 52.6 cm³/mol. The van der Waals surface area contributed by atoms with E-state index in [0.29, 0.717) is 0 Å². The second-order valence-electron chi connectivity index (χ2n) is 2.24. The fraction of sp³-hybridized carbons (Fsp3) is 0.778. The van der Waals surface area contributed by atoms with E-state index in [1.54, 1.807) is 0 Å². The van der Waals surface area contributed by atoms with Crippen LogP contribution in [-0.2, 0) is 19.1 Å². The first kappa shape index (κ1) is 15.4. The predicted octanol–water partition coefficient (Wildman–Crippen LogP) is 0.466. The van der Waals surface area contributed by atoms with E-state index in [0.717, 1.165) is 0 Å². The summed E-state index contributed by atoms with van der Waals surface area (Å²) in [6.07, 6.45) is 0.381. The molecule has 1 atom stereocenters. The summed E-state index contributed by atoms with van der Waals surface area (Å²) in [4.78, 5) is 21.3. The third-order valence-electron chi connectivity index (χ3n) is 1.39. The molecule has 0 fully saturated rings. The number of methoxy groups -OCH3 is 2. The standard InChI is InChI=1S/C7H13NO4.C2H6/c1-11-6(9)4-3-5(8)7(10)12-2;1-2/h5H,3-4,8H2,1-2H3;1-2H3. The van der Waals surface area contributed by atoms with Gasteiger partial charge in [0.05, 0.1) is 14.2 Å². The molecule has 0 aromatic carbocycles. The molecule has 0 aromatic heterocycles. The van der Waals surface area contributed by atoms with E-state index in [1.807, 2.05) is 13.8 Å². The Balaban J connectivity index is 0. The molecule has 5 heteroatoms. The van der Waals surface area contributed by atoms with Crippen molar-refractivity contribution in [2.45, 2.75) is 32.7 Å². The molecule has 0 rings (SSSR count). The lowest BCUT2D eigenvalue weighted by atomic mass is 10.2. The number of hydrogen-bond acceptors (Lipinski definition) is 5. The molecular weight excluding hydrogens is 186 g/mol. The number of ether oxygens (including phenoxy) is 2. The van der Waals surface area contributed by atoms with Crippen molar-refractivity contribution in [2.75, 3.05) is 14.2 Å². The van der Waals surface area contributed by atoms with Gasteiger partial charge in [-0.2, -0.15) is 0 Å². The van der Waals surface area contributed by atoms with Crippen LogP contribution in [0, 0.1) is 0 Å². The van der Waals surface area contributed by atoms with E-state index in [-0.39, 0.29) is 18.8 Å². The van der Waals surface area contributed by atoms with Gasteiger partial charge in [-0.15, -0.1) is 0 Å². The minimum absolute atomic E-state index is 0.132. The van der Waals surface area contributed by atoms with Gasteiger partial charge in [0, 0.05) is 6.42 Å². The molecule has 5 nitrogen and oxygen atoms in total. The van der Waals surface area contributed by atoms with Crippen LogP contribution in [0.1, 0.15) is 26.7 Å². The van der Waals surface area contributed by atoms with E-state index in [2.05, 4.69) is 9.47 Å². The van der Waals surface area contributed by atoms with Crippen LogP contribution in [0.5, 0.6) is 0 Å². The summed E-state index contributed by atoms with van der Waals surface area (Å²) in [6, 6.07) is -0.742. The molecule has 0 aliphatic rings. The van der Waals surface area contributed by atoms with Crippen molar-refractivity contribution in [3.63, 3.8) is 0 Å². The maximum Gasteiger partial charge on any atom is 0.322 e. The van der Waals surface area contributed by atoms with Crippen molar-refractivity contribution < 1.29 is 19.1 Å². The highest BCUT2D eigenvalue weighted by atomic mass is 16.5. The first-order chi connectivity index (χ1) is 6.61. The van der Waals surface area contributed by atoms with Crippen LogP contribution in [0.15, 0.2) is 0 Å². The Kier molecular flexibility index (Phi) is 11.0. The summed E-state index contributed by atoms with van der Waals surface area (Å²) in [5, 5.41) is 0. The quantitative estimate of drug-likeness (QED) is 0.675. The van der Waals surface area contributed by atoms with Gasteiger partial charge >= 0.3 is 11.9 Å². The highest BCUT2D eigenvalue weighted by Gasteiger charge is 2.14. The molecule has 0 radical (unpaired) electrons. The van der Waals surface area contributed by atoms with Gasteiger partial charge in [0.15, 0.2) is 0 Å². The SMILES string of the molecule is CC.COC(=O)CCC(N)C(=O)OC. The van der Waals surface area contributed by atoms with Gasteiger partial charge in [0.25, 0.3) is 0 Å². The maximum atomic E-state index is 10.7. The van der Waals surface area contributed by atoms with E-state index >= 15 is 0 Å². The van der Waals surface area contributed by atoms with Gasteiger partial charge < -0.3 is 15.2 Å². The normalized spacial score (nSPS) is 10.6. The maximum absolute atomic E-state index is 10.7. The molecule has 0 aliphatic carbocycles. The molecular formula is C9H19NO4. The summed E-state index contributed by atoms with van der Waals surface area (Å²) in [5.41, 5.74) is 5.35. The van der Waals surface area contributed by atoms with E-state index in [9.17, 15) is 9.59 Å². The number of hydrogen-bond donors (Lipinski definition) is 1. The molecule has 0 saturated heterocycles. The smallest absolute Gasteiger partial charge is 0.322 e. The van der Waals surface area contributed by atoms with Crippen molar-refractivity contribution in [1.82, 2.24) is 0 Å². The average molecular weight is 205 g/mol. The van der Waals surface area contributed by atoms with Crippen molar-refractivity contribution >= 4 is 11.9 Å². The third kappa shape index (κ3) is 7.54. The fourth-order valence-corrected chi connectivity index (χ4v) is 0.645. The van der Waals surface area contributed by atoms with Crippen molar-refractivity contribution in [2.24, 2.45) is 5.73 Å². The van der Waals surface area contributed by atoms with Gasteiger partial charge in [0.1, 0.15) is 6.04 Å². The van der Waals surface area contributed by atoms with Crippen LogP contribution in [-0.4, -0.2) is 32.2 Å². The van der Waals surface area contributed by atoms with E-state index in [1.165, 1.54) is 14.2 Å². The van der Waals surface area contributed by atoms with Crippen LogP contribution < -0.4 is 5.73 Å². The molecule has 0 heterocycles. The molecule has 1 unspecified atom stereocenters. The van der Waals surface area contributed by atoms with E-state index in [4.69, 9.17) is 5.73 Å². The molecule has 0 bridgehead atoms. The van der Waals surface area contributed by atoms with Crippen LogP contribution >= 0.6 is 0 Å². The number of carbonyl (C=O) groups excluding carboxylic acids is 2.